The molecule has 180 valence electrons. The minimum Gasteiger partial charge on any atom is -0.454 e. The fourth-order valence-corrected chi connectivity index (χ4v) is 4.27. The van der Waals surface area contributed by atoms with Crippen molar-refractivity contribution in [3.63, 3.8) is 0 Å². The van der Waals surface area contributed by atoms with E-state index in [0.717, 1.165) is 29.4 Å². The van der Waals surface area contributed by atoms with E-state index in [0.29, 0.717) is 28.3 Å². The smallest absolute Gasteiger partial charge is 0.168 e. The Labute approximate surface area is 208 Å². The van der Waals surface area contributed by atoms with Crippen LogP contribution in [0.5, 0.6) is 11.5 Å². The second-order valence-corrected chi connectivity index (χ2v) is 8.65. The van der Waals surface area contributed by atoms with Crippen LogP contribution in [0.3, 0.4) is 0 Å². The number of hydrogen-bond acceptors (Lipinski definition) is 2. The first kappa shape index (κ1) is 23.3. The number of aromatic nitrogens is 3. The summed E-state index contributed by atoms with van der Waals surface area (Å²) in [6, 6.07) is 15.6. The fourth-order valence-electron chi connectivity index (χ4n) is 4.27. The number of H-pyrrole nitrogens is 2. The van der Waals surface area contributed by atoms with Gasteiger partial charge < -0.3 is 14.7 Å². The molecule has 0 amide bonds. The molecule has 6 heteroatoms. The zero-order valence-corrected chi connectivity index (χ0v) is 19.9. The summed E-state index contributed by atoms with van der Waals surface area (Å²) in [5.74, 6) is -0.242. The zero-order chi connectivity index (χ0) is 25.2. The first-order valence-electron chi connectivity index (χ1n) is 11.6. The SMILES string of the molecule is C=CCCc1cccc(C(=C)c2cnc(-c3cc(Oc4c(F)cc5[nH]ccc5c4C)ccc3F)[nH]2)c1. The number of nitrogens with one attached hydrogen (secondary N) is 2. The van der Waals surface area contributed by atoms with Crippen molar-refractivity contribution in [2.24, 2.45) is 0 Å². The van der Waals surface area contributed by atoms with Crippen LogP contribution < -0.4 is 4.74 Å². The van der Waals surface area contributed by atoms with Gasteiger partial charge in [0.15, 0.2) is 11.6 Å². The lowest BCUT2D eigenvalue weighted by Crippen LogP contribution is -1.95. The third-order valence-corrected chi connectivity index (χ3v) is 6.24. The topological polar surface area (TPSA) is 53.7 Å². The largest absolute Gasteiger partial charge is 0.454 e. The lowest BCUT2D eigenvalue weighted by Gasteiger charge is -2.12. The summed E-state index contributed by atoms with van der Waals surface area (Å²) in [6.45, 7) is 9.77. The van der Waals surface area contributed by atoms with E-state index in [1.807, 2.05) is 24.3 Å². The Balaban J connectivity index is 1.43. The van der Waals surface area contributed by atoms with Crippen LogP contribution in [0.1, 0.15) is 28.8 Å². The Hall–Kier alpha value is -4.45. The Kier molecular flexibility index (Phi) is 6.25. The molecule has 2 N–H and O–H groups in total. The molecule has 0 radical (unpaired) electrons. The summed E-state index contributed by atoms with van der Waals surface area (Å²) < 4.78 is 35.4. The van der Waals surface area contributed by atoms with Crippen LogP contribution in [0.4, 0.5) is 8.78 Å². The highest BCUT2D eigenvalue weighted by atomic mass is 19.1. The van der Waals surface area contributed by atoms with Gasteiger partial charge in [0.1, 0.15) is 17.4 Å². The van der Waals surface area contributed by atoms with Gasteiger partial charge in [-0.15, -0.1) is 6.58 Å². The number of aromatic amines is 2. The van der Waals surface area contributed by atoms with Crippen LogP contribution in [-0.4, -0.2) is 15.0 Å². The van der Waals surface area contributed by atoms with Crippen LogP contribution >= 0.6 is 0 Å². The molecule has 0 bridgehead atoms. The highest BCUT2D eigenvalue weighted by Gasteiger charge is 2.17. The van der Waals surface area contributed by atoms with Crippen LogP contribution in [0.15, 0.2) is 86.2 Å². The maximum atomic E-state index is 14.8. The van der Waals surface area contributed by atoms with Gasteiger partial charge in [0.05, 0.1) is 17.5 Å². The van der Waals surface area contributed by atoms with Crippen molar-refractivity contribution in [3.8, 4) is 22.9 Å². The third-order valence-electron chi connectivity index (χ3n) is 6.24. The minimum atomic E-state index is -0.500. The van der Waals surface area contributed by atoms with Crippen LogP contribution in [0, 0.1) is 18.6 Å². The van der Waals surface area contributed by atoms with E-state index in [1.165, 1.54) is 29.8 Å². The van der Waals surface area contributed by atoms with Gasteiger partial charge in [-0.25, -0.2) is 13.8 Å². The number of hydrogen-bond donors (Lipinski definition) is 2. The van der Waals surface area contributed by atoms with E-state index in [1.54, 1.807) is 19.3 Å². The van der Waals surface area contributed by atoms with Gasteiger partial charge in [-0.2, -0.15) is 0 Å². The number of ether oxygens (including phenoxy) is 1. The Morgan fingerprint density at radius 3 is 2.78 bits per heavy atom. The molecule has 0 aliphatic carbocycles. The number of nitrogens with zero attached hydrogens (tertiary/aromatic N) is 1. The average molecular weight is 482 g/mol. The first-order chi connectivity index (χ1) is 17.4. The molecular weight excluding hydrogens is 456 g/mol. The van der Waals surface area contributed by atoms with Gasteiger partial charge in [-0.05, 0) is 60.7 Å². The molecule has 0 fully saturated rings. The molecular formula is C30H25F2N3O. The summed E-state index contributed by atoms with van der Waals surface area (Å²) in [5, 5.41) is 0.858. The maximum Gasteiger partial charge on any atom is 0.168 e. The Bertz CT molecular complexity index is 1600. The molecule has 0 atom stereocenters. The van der Waals surface area contributed by atoms with E-state index in [2.05, 4.69) is 40.2 Å². The minimum absolute atomic E-state index is 0.101. The molecule has 0 aliphatic heterocycles. The van der Waals surface area contributed by atoms with Crippen molar-refractivity contribution in [2.75, 3.05) is 0 Å². The highest BCUT2D eigenvalue weighted by molar-refractivity contribution is 5.85. The first-order valence-corrected chi connectivity index (χ1v) is 11.6. The normalized spacial score (nSPS) is 11.1. The van der Waals surface area contributed by atoms with Crippen LogP contribution in [0.2, 0.25) is 0 Å². The summed E-state index contributed by atoms with van der Waals surface area (Å²) in [6.07, 6.45) is 7.06. The molecule has 3 aromatic carbocycles. The predicted molar refractivity (Wildman–Crippen MR) is 140 cm³/mol. The Morgan fingerprint density at radius 2 is 1.94 bits per heavy atom. The van der Waals surface area contributed by atoms with Crippen molar-refractivity contribution in [3.05, 3.63) is 120 Å². The van der Waals surface area contributed by atoms with Gasteiger partial charge >= 0.3 is 0 Å². The molecule has 0 saturated heterocycles. The van der Waals surface area contributed by atoms with Crippen molar-refractivity contribution < 1.29 is 13.5 Å². The lowest BCUT2D eigenvalue weighted by molar-refractivity contribution is 0.439. The molecule has 0 saturated carbocycles. The zero-order valence-electron chi connectivity index (χ0n) is 19.9. The summed E-state index contributed by atoms with van der Waals surface area (Å²) >= 11 is 0. The van der Waals surface area contributed by atoms with Crippen molar-refractivity contribution >= 4 is 16.5 Å². The molecule has 0 spiro atoms. The highest BCUT2D eigenvalue weighted by Crippen LogP contribution is 2.35. The van der Waals surface area contributed by atoms with Crippen LogP contribution in [0.25, 0.3) is 27.9 Å². The van der Waals surface area contributed by atoms with Crippen molar-refractivity contribution in [1.29, 1.82) is 0 Å². The standard InChI is InChI=1S/C30H25F2N3O/c1-4-5-7-20-8-6-9-21(14-20)18(2)28-17-34-30(35-28)24-15-22(10-11-25(24)31)36-29-19(3)23-12-13-33-27(23)16-26(29)32/h4,6,8-17,33H,1-2,5,7H2,3H3,(H,34,35). The van der Waals surface area contributed by atoms with Gasteiger partial charge in [-0.1, -0.05) is 36.9 Å². The summed E-state index contributed by atoms with van der Waals surface area (Å²) in [5.41, 5.74) is 5.12. The number of fused-ring (bicyclic) bond motifs is 1. The molecule has 36 heavy (non-hydrogen) atoms. The van der Waals surface area contributed by atoms with E-state index in [9.17, 15) is 8.78 Å². The van der Waals surface area contributed by atoms with E-state index in [4.69, 9.17) is 4.74 Å². The predicted octanol–water partition coefficient (Wildman–Crippen LogP) is 8.12. The van der Waals surface area contributed by atoms with E-state index < -0.39 is 11.6 Å². The second kappa shape index (κ2) is 9.66. The monoisotopic (exact) mass is 481 g/mol. The molecule has 5 aromatic rings. The number of halogens is 2. The second-order valence-electron chi connectivity index (χ2n) is 8.65. The van der Waals surface area contributed by atoms with Crippen LogP contribution in [-0.2, 0) is 6.42 Å². The number of imidazole rings is 1. The lowest BCUT2D eigenvalue weighted by atomic mass is 10.0. The van der Waals surface area contributed by atoms with Gasteiger partial charge in [0.2, 0.25) is 0 Å². The molecule has 4 nitrogen and oxygen atoms in total. The van der Waals surface area contributed by atoms with Crippen molar-refractivity contribution in [1.82, 2.24) is 15.0 Å². The molecule has 0 unspecified atom stereocenters. The van der Waals surface area contributed by atoms with Gasteiger partial charge in [0, 0.05) is 28.7 Å². The Morgan fingerprint density at radius 1 is 1.08 bits per heavy atom. The van der Waals surface area contributed by atoms with Crippen molar-refractivity contribution in [2.45, 2.75) is 19.8 Å². The molecule has 2 heterocycles. The fraction of sp³-hybridized carbons (Fsp3) is 0.100. The summed E-state index contributed by atoms with van der Waals surface area (Å²) in [7, 11) is 0. The maximum absolute atomic E-state index is 14.8. The number of allylic oxidation sites excluding steroid dienone is 1. The average Bonchev–Trinajstić information content (AvgIpc) is 3.56. The molecule has 5 rings (SSSR count). The number of rotatable bonds is 8. The van der Waals surface area contributed by atoms with E-state index >= 15 is 0 Å². The molecule has 0 aliphatic rings. The third kappa shape index (κ3) is 4.45. The van der Waals surface area contributed by atoms with Gasteiger partial charge in [-0.3, -0.25) is 0 Å². The summed E-state index contributed by atoms with van der Waals surface area (Å²) in [4.78, 5) is 10.5. The van der Waals surface area contributed by atoms with E-state index in [-0.39, 0.29) is 11.3 Å². The quantitative estimate of drug-likeness (QED) is 0.220. The number of benzene rings is 3. The number of aryl methyl sites for hydroxylation is 2. The van der Waals surface area contributed by atoms with Gasteiger partial charge in [0.25, 0.3) is 0 Å². The molecule has 2 aromatic heterocycles.